The number of aryl methyl sites for hydroxylation is 1. The van der Waals surface area contributed by atoms with Crippen LogP contribution in [0.2, 0.25) is 5.02 Å². The predicted molar refractivity (Wildman–Crippen MR) is 123 cm³/mol. The van der Waals surface area contributed by atoms with E-state index in [1.54, 1.807) is 28.8 Å². The second kappa shape index (κ2) is 8.32. The second-order valence-corrected chi connectivity index (χ2v) is 7.47. The molecule has 4 aromatic rings. The molecule has 158 valence electrons. The number of carbonyl (C=O) groups is 1. The Bertz CT molecular complexity index is 1350. The molecule has 0 spiro atoms. The number of hydrogen-bond acceptors (Lipinski definition) is 4. The van der Waals surface area contributed by atoms with Gasteiger partial charge >= 0.3 is 0 Å². The Balaban J connectivity index is 1.80. The summed E-state index contributed by atoms with van der Waals surface area (Å²) in [6.07, 6.45) is 4.94. The molecule has 7 heteroatoms. The van der Waals surface area contributed by atoms with Crippen LogP contribution in [-0.2, 0) is 6.54 Å². The average Bonchev–Trinajstić information content (AvgIpc) is 3.24. The third kappa shape index (κ3) is 3.59. The largest absolute Gasteiger partial charge is 0.503 e. The van der Waals surface area contributed by atoms with Gasteiger partial charge in [0.2, 0.25) is 0 Å². The summed E-state index contributed by atoms with van der Waals surface area (Å²) in [6.45, 7) is 8.43. The summed E-state index contributed by atoms with van der Waals surface area (Å²) in [5, 5.41) is 14.8. The Morgan fingerprint density at radius 1 is 1.29 bits per heavy atom. The number of para-hydroxylation sites is 2. The molecule has 0 saturated carbocycles. The Morgan fingerprint density at radius 2 is 2.03 bits per heavy atom. The van der Waals surface area contributed by atoms with E-state index < -0.39 is 0 Å². The molecule has 0 aliphatic heterocycles. The van der Waals surface area contributed by atoms with Gasteiger partial charge in [-0.25, -0.2) is 4.52 Å². The molecule has 4 rings (SSSR count). The maximum atomic E-state index is 13.2. The minimum Gasteiger partial charge on any atom is -0.503 e. The fraction of sp³-hybridized carbons (Fsp3) is 0.167. The van der Waals surface area contributed by atoms with Gasteiger partial charge in [0, 0.05) is 6.54 Å². The van der Waals surface area contributed by atoms with Crippen molar-refractivity contribution in [2.75, 3.05) is 6.61 Å². The maximum Gasteiger partial charge on any atom is 0.191 e. The number of ether oxygens (including phenoxy) is 1. The highest BCUT2D eigenvalue weighted by atomic mass is 35.5. The van der Waals surface area contributed by atoms with E-state index in [2.05, 4.69) is 11.7 Å². The summed E-state index contributed by atoms with van der Waals surface area (Å²) < 4.78 is 9.25. The standard InChI is InChI=1S/C24H22ClN3O3/c1-4-12-27-18-8-6-7-9-19(18)28-24(27)22(15(3)26-28)20(29)11-10-16-13-17(25)23(30)21(14-16)31-5-2/h4,6-11,13-14,30H,1,5,12H2,2-3H3/b11-10+. The van der Waals surface area contributed by atoms with Crippen molar-refractivity contribution in [3.63, 3.8) is 0 Å². The Kier molecular flexibility index (Phi) is 5.57. The lowest BCUT2D eigenvalue weighted by Gasteiger charge is -2.08. The molecule has 0 aliphatic rings. The van der Waals surface area contributed by atoms with E-state index in [-0.39, 0.29) is 22.3 Å². The zero-order chi connectivity index (χ0) is 22.1. The number of allylic oxidation sites excluding steroid dienone is 2. The molecule has 0 fully saturated rings. The van der Waals surface area contributed by atoms with Crippen molar-refractivity contribution in [3.8, 4) is 11.5 Å². The first-order valence-electron chi connectivity index (χ1n) is 9.91. The fourth-order valence-corrected chi connectivity index (χ4v) is 3.95. The predicted octanol–water partition coefficient (Wildman–Crippen LogP) is 5.44. The van der Waals surface area contributed by atoms with Crippen molar-refractivity contribution in [2.45, 2.75) is 20.4 Å². The molecule has 1 N–H and O–H groups in total. The molecule has 0 amide bonds. The summed E-state index contributed by atoms with van der Waals surface area (Å²) >= 11 is 6.10. The molecule has 0 bridgehead atoms. The molecule has 2 aromatic heterocycles. The van der Waals surface area contributed by atoms with Crippen LogP contribution in [0.3, 0.4) is 0 Å². The molecular formula is C24H22ClN3O3. The van der Waals surface area contributed by atoms with Crippen molar-refractivity contribution in [1.29, 1.82) is 0 Å². The van der Waals surface area contributed by atoms with E-state index in [0.29, 0.717) is 30.0 Å². The number of ketones is 1. The lowest BCUT2D eigenvalue weighted by atomic mass is 10.1. The van der Waals surface area contributed by atoms with E-state index >= 15 is 0 Å². The number of nitrogens with zero attached hydrogens (tertiary/aromatic N) is 3. The van der Waals surface area contributed by atoms with Crippen LogP contribution in [0.15, 0.2) is 55.1 Å². The van der Waals surface area contributed by atoms with Crippen molar-refractivity contribution in [1.82, 2.24) is 14.2 Å². The fourth-order valence-electron chi connectivity index (χ4n) is 3.73. The highest BCUT2D eigenvalue weighted by Gasteiger charge is 2.22. The van der Waals surface area contributed by atoms with Crippen LogP contribution < -0.4 is 4.74 Å². The number of hydrogen-bond donors (Lipinski definition) is 1. The number of aromatic hydroxyl groups is 1. The van der Waals surface area contributed by atoms with Gasteiger partial charge in [0.05, 0.1) is 33.9 Å². The number of benzene rings is 2. The number of rotatable bonds is 7. The zero-order valence-electron chi connectivity index (χ0n) is 17.3. The highest BCUT2D eigenvalue weighted by Crippen LogP contribution is 2.35. The Morgan fingerprint density at radius 3 is 2.74 bits per heavy atom. The summed E-state index contributed by atoms with van der Waals surface area (Å²) in [7, 11) is 0. The molecule has 2 heterocycles. The van der Waals surface area contributed by atoms with Crippen LogP contribution in [0.25, 0.3) is 22.8 Å². The van der Waals surface area contributed by atoms with Crippen LogP contribution in [0.1, 0.15) is 28.5 Å². The molecule has 0 atom stereocenters. The normalized spacial score (nSPS) is 11.6. The highest BCUT2D eigenvalue weighted by molar-refractivity contribution is 6.32. The van der Waals surface area contributed by atoms with Crippen LogP contribution in [0.4, 0.5) is 0 Å². The number of aromatic nitrogens is 3. The molecule has 0 saturated heterocycles. The number of phenolic OH excluding ortho intramolecular Hbond substituents is 1. The van der Waals surface area contributed by atoms with Crippen LogP contribution in [0, 0.1) is 6.92 Å². The first kappa shape index (κ1) is 20.8. The van der Waals surface area contributed by atoms with Crippen LogP contribution in [-0.4, -0.2) is 31.7 Å². The maximum absolute atomic E-state index is 13.2. The van der Waals surface area contributed by atoms with E-state index in [1.807, 2.05) is 42.7 Å². The molecule has 31 heavy (non-hydrogen) atoms. The van der Waals surface area contributed by atoms with Crippen molar-refractivity contribution < 1.29 is 14.6 Å². The van der Waals surface area contributed by atoms with Gasteiger partial charge in [-0.2, -0.15) is 5.10 Å². The smallest absolute Gasteiger partial charge is 0.191 e. The van der Waals surface area contributed by atoms with Crippen LogP contribution in [0.5, 0.6) is 11.5 Å². The monoisotopic (exact) mass is 435 g/mol. The van der Waals surface area contributed by atoms with Gasteiger partial charge in [-0.15, -0.1) is 6.58 Å². The first-order valence-corrected chi connectivity index (χ1v) is 10.3. The van der Waals surface area contributed by atoms with Gasteiger partial charge in [0.1, 0.15) is 5.65 Å². The van der Waals surface area contributed by atoms with Gasteiger partial charge in [-0.1, -0.05) is 35.9 Å². The van der Waals surface area contributed by atoms with Gasteiger partial charge in [0.25, 0.3) is 0 Å². The molecule has 0 aliphatic carbocycles. The molecule has 0 radical (unpaired) electrons. The average molecular weight is 436 g/mol. The SMILES string of the molecule is C=CCn1c2ccccc2n2nc(C)c(C(=O)/C=C/c3cc(Cl)c(O)c(OCC)c3)c12. The lowest BCUT2D eigenvalue weighted by molar-refractivity contribution is 0.104. The van der Waals surface area contributed by atoms with Gasteiger partial charge in [0.15, 0.2) is 17.3 Å². The zero-order valence-corrected chi connectivity index (χ0v) is 18.1. The van der Waals surface area contributed by atoms with E-state index in [0.717, 1.165) is 16.7 Å². The number of fused-ring (bicyclic) bond motifs is 3. The quantitative estimate of drug-likeness (QED) is 0.238. The van der Waals surface area contributed by atoms with E-state index in [1.165, 1.54) is 6.08 Å². The molecular weight excluding hydrogens is 414 g/mol. The first-order chi connectivity index (χ1) is 15.0. The summed E-state index contributed by atoms with van der Waals surface area (Å²) in [4.78, 5) is 13.2. The third-order valence-electron chi connectivity index (χ3n) is 5.03. The van der Waals surface area contributed by atoms with Crippen molar-refractivity contribution >= 4 is 40.1 Å². The molecule has 0 unspecified atom stereocenters. The second-order valence-electron chi connectivity index (χ2n) is 7.06. The minimum absolute atomic E-state index is 0.116. The summed E-state index contributed by atoms with van der Waals surface area (Å²) in [6, 6.07) is 11.1. The van der Waals surface area contributed by atoms with E-state index in [9.17, 15) is 9.90 Å². The summed E-state index contributed by atoms with van der Waals surface area (Å²) in [5.74, 6) is -0.0183. The lowest BCUT2D eigenvalue weighted by Crippen LogP contribution is -2.02. The minimum atomic E-state index is -0.178. The Labute approximate surface area is 184 Å². The van der Waals surface area contributed by atoms with Gasteiger partial charge in [-0.3, -0.25) is 4.79 Å². The topological polar surface area (TPSA) is 68.8 Å². The number of carbonyl (C=O) groups excluding carboxylic acids is 1. The number of phenols is 1. The Hall–Kier alpha value is -3.51. The molecule has 2 aromatic carbocycles. The van der Waals surface area contributed by atoms with Gasteiger partial charge in [-0.05, 0) is 49.8 Å². The number of halogens is 1. The molecule has 6 nitrogen and oxygen atoms in total. The van der Waals surface area contributed by atoms with Crippen molar-refractivity contribution in [2.24, 2.45) is 0 Å². The van der Waals surface area contributed by atoms with Crippen LogP contribution >= 0.6 is 11.6 Å². The van der Waals surface area contributed by atoms with Gasteiger partial charge < -0.3 is 14.4 Å². The van der Waals surface area contributed by atoms with E-state index in [4.69, 9.17) is 16.3 Å². The summed E-state index contributed by atoms with van der Waals surface area (Å²) in [5.41, 5.74) is 4.46. The van der Waals surface area contributed by atoms with Crippen molar-refractivity contribution in [3.05, 3.63) is 77.0 Å². The third-order valence-corrected chi connectivity index (χ3v) is 5.32. The number of imidazole rings is 1.